The maximum Gasteiger partial charge on any atom is 0.112 e. The summed E-state index contributed by atoms with van der Waals surface area (Å²) < 4.78 is 7.36. The lowest BCUT2D eigenvalue weighted by molar-refractivity contribution is 0.187. The van der Waals surface area contributed by atoms with Crippen LogP contribution in [0.25, 0.3) is 11.0 Å². The molecule has 1 aromatic carbocycles. The zero-order chi connectivity index (χ0) is 12.4. The van der Waals surface area contributed by atoms with Crippen LogP contribution in [0.3, 0.4) is 0 Å². The second kappa shape index (κ2) is 4.75. The first-order valence-corrected chi connectivity index (χ1v) is 5.88. The van der Waals surface area contributed by atoms with Crippen molar-refractivity contribution in [3.8, 4) is 0 Å². The normalized spacial score (nSPS) is 11.5. The third-order valence-electron chi connectivity index (χ3n) is 2.84. The first-order valence-electron chi connectivity index (χ1n) is 5.88. The molecule has 0 radical (unpaired) electrons. The van der Waals surface area contributed by atoms with E-state index in [-0.39, 0.29) is 0 Å². The third kappa shape index (κ3) is 2.26. The molecule has 0 bridgehead atoms. The molecule has 0 atom stereocenters. The number of fused-ring (bicyclic) bond motifs is 1. The second-order valence-electron chi connectivity index (χ2n) is 4.52. The Morgan fingerprint density at radius 1 is 1.41 bits per heavy atom. The monoisotopic (exact) mass is 233 g/mol. The second-order valence-corrected chi connectivity index (χ2v) is 4.52. The first-order chi connectivity index (χ1) is 8.13. The van der Waals surface area contributed by atoms with E-state index in [0.29, 0.717) is 12.5 Å². The van der Waals surface area contributed by atoms with Crippen molar-refractivity contribution in [3.63, 3.8) is 0 Å². The Hall–Kier alpha value is -1.55. The Morgan fingerprint density at radius 2 is 2.18 bits per heavy atom. The third-order valence-corrected chi connectivity index (χ3v) is 2.84. The van der Waals surface area contributed by atoms with Gasteiger partial charge in [0.05, 0.1) is 17.6 Å². The van der Waals surface area contributed by atoms with Gasteiger partial charge in [0.15, 0.2) is 0 Å². The number of nitrogen functional groups attached to an aromatic ring is 1. The highest BCUT2D eigenvalue weighted by molar-refractivity contribution is 5.79. The minimum atomic E-state index is 0.389. The van der Waals surface area contributed by atoms with E-state index in [1.807, 2.05) is 18.2 Å². The fourth-order valence-corrected chi connectivity index (χ4v) is 2.02. The maximum atomic E-state index is 5.79. The van der Waals surface area contributed by atoms with Gasteiger partial charge in [-0.25, -0.2) is 4.98 Å². The van der Waals surface area contributed by atoms with Crippen LogP contribution in [0.15, 0.2) is 18.2 Å². The molecule has 2 aromatic rings. The molecule has 4 nitrogen and oxygen atoms in total. The molecule has 17 heavy (non-hydrogen) atoms. The predicted octanol–water partition coefficient (Wildman–Crippen LogP) is 2.39. The lowest BCUT2D eigenvalue weighted by atomic mass is 10.2. The van der Waals surface area contributed by atoms with Crippen molar-refractivity contribution in [2.45, 2.75) is 26.3 Å². The Bertz CT molecular complexity index is 517. The van der Waals surface area contributed by atoms with E-state index in [1.54, 1.807) is 7.11 Å². The van der Waals surface area contributed by atoms with Gasteiger partial charge in [0.25, 0.3) is 0 Å². The van der Waals surface area contributed by atoms with E-state index in [9.17, 15) is 0 Å². The summed E-state index contributed by atoms with van der Waals surface area (Å²) >= 11 is 0. The van der Waals surface area contributed by atoms with E-state index in [0.717, 1.165) is 29.1 Å². The van der Waals surface area contributed by atoms with Gasteiger partial charge in [-0.15, -0.1) is 0 Å². The quantitative estimate of drug-likeness (QED) is 0.825. The molecular weight excluding hydrogens is 214 g/mol. The van der Waals surface area contributed by atoms with Gasteiger partial charge in [-0.1, -0.05) is 13.8 Å². The lowest BCUT2D eigenvalue weighted by Gasteiger charge is -2.10. The van der Waals surface area contributed by atoms with E-state index < -0.39 is 0 Å². The average Bonchev–Trinajstić information content (AvgIpc) is 2.64. The zero-order valence-corrected chi connectivity index (χ0v) is 10.6. The zero-order valence-electron chi connectivity index (χ0n) is 10.6. The molecule has 0 unspecified atom stereocenters. The first kappa shape index (κ1) is 11.9. The molecular formula is C13H19N3O. The van der Waals surface area contributed by atoms with Gasteiger partial charge < -0.3 is 15.0 Å². The van der Waals surface area contributed by atoms with Gasteiger partial charge in [0, 0.05) is 25.3 Å². The molecule has 0 saturated heterocycles. The summed E-state index contributed by atoms with van der Waals surface area (Å²) in [6.45, 7) is 5.81. The summed E-state index contributed by atoms with van der Waals surface area (Å²) in [5, 5.41) is 0. The molecule has 0 amide bonds. The topological polar surface area (TPSA) is 53.1 Å². The lowest BCUT2D eigenvalue weighted by Crippen LogP contribution is -2.09. The Morgan fingerprint density at radius 3 is 2.82 bits per heavy atom. The van der Waals surface area contributed by atoms with Gasteiger partial charge in [-0.05, 0) is 18.2 Å². The number of ether oxygens (including phenoxy) is 1. The number of methoxy groups -OCH3 is 1. The molecule has 4 heteroatoms. The number of nitrogens with two attached hydrogens (primary N) is 1. The molecule has 0 fully saturated rings. The van der Waals surface area contributed by atoms with Crippen LogP contribution in [-0.2, 0) is 11.3 Å². The Balaban J connectivity index is 2.54. The molecule has 1 heterocycles. The summed E-state index contributed by atoms with van der Waals surface area (Å²) in [5.74, 6) is 1.48. The van der Waals surface area contributed by atoms with Gasteiger partial charge >= 0.3 is 0 Å². The van der Waals surface area contributed by atoms with Crippen LogP contribution in [0, 0.1) is 0 Å². The van der Waals surface area contributed by atoms with Gasteiger partial charge in [0.2, 0.25) is 0 Å². The van der Waals surface area contributed by atoms with Crippen molar-refractivity contribution in [1.29, 1.82) is 0 Å². The highest BCUT2D eigenvalue weighted by Crippen LogP contribution is 2.23. The fourth-order valence-electron chi connectivity index (χ4n) is 2.02. The highest BCUT2D eigenvalue weighted by Gasteiger charge is 2.13. The largest absolute Gasteiger partial charge is 0.399 e. The summed E-state index contributed by atoms with van der Waals surface area (Å²) in [4.78, 5) is 4.65. The number of nitrogens with zero attached hydrogens (tertiary/aromatic N) is 2. The van der Waals surface area contributed by atoms with Gasteiger partial charge in [-0.3, -0.25) is 0 Å². The summed E-state index contributed by atoms with van der Waals surface area (Å²) in [7, 11) is 1.71. The number of hydrogen-bond donors (Lipinski definition) is 1. The summed E-state index contributed by atoms with van der Waals surface area (Å²) in [6.07, 6.45) is 0. The SMILES string of the molecule is COCCn1c(C(C)C)nc2cc(N)ccc21. The number of hydrogen-bond acceptors (Lipinski definition) is 3. The van der Waals surface area contributed by atoms with Crippen molar-refractivity contribution < 1.29 is 4.74 Å². The molecule has 0 aliphatic carbocycles. The van der Waals surface area contributed by atoms with Crippen LogP contribution in [0.2, 0.25) is 0 Å². The van der Waals surface area contributed by atoms with E-state index in [1.165, 1.54) is 0 Å². The number of aromatic nitrogens is 2. The smallest absolute Gasteiger partial charge is 0.112 e. The standard InChI is InChI=1S/C13H19N3O/c1-9(2)13-15-11-8-10(14)4-5-12(11)16(13)6-7-17-3/h4-5,8-9H,6-7,14H2,1-3H3. The van der Waals surface area contributed by atoms with Crippen LogP contribution in [0.1, 0.15) is 25.6 Å². The number of rotatable bonds is 4. The molecule has 92 valence electrons. The molecule has 1 aromatic heterocycles. The molecule has 0 aliphatic heterocycles. The van der Waals surface area contributed by atoms with Crippen LogP contribution in [-0.4, -0.2) is 23.3 Å². The minimum Gasteiger partial charge on any atom is -0.399 e. The Kier molecular flexibility index (Phi) is 3.33. The van der Waals surface area contributed by atoms with Crippen molar-refractivity contribution in [2.75, 3.05) is 19.5 Å². The van der Waals surface area contributed by atoms with E-state index >= 15 is 0 Å². The molecule has 2 N–H and O–H groups in total. The van der Waals surface area contributed by atoms with E-state index in [4.69, 9.17) is 10.5 Å². The van der Waals surface area contributed by atoms with Crippen LogP contribution >= 0.6 is 0 Å². The predicted molar refractivity (Wildman–Crippen MR) is 70.1 cm³/mol. The van der Waals surface area contributed by atoms with Crippen LogP contribution in [0.5, 0.6) is 0 Å². The summed E-state index contributed by atoms with van der Waals surface area (Å²) in [6, 6.07) is 5.86. The fraction of sp³-hybridized carbons (Fsp3) is 0.462. The average molecular weight is 233 g/mol. The number of benzene rings is 1. The maximum absolute atomic E-state index is 5.79. The van der Waals surface area contributed by atoms with Crippen molar-refractivity contribution in [2.24, 2.45) is 0 Å². The van der Waals surface area contributed by atoms with Crippen molar-refractivity contribution in [1.82, 2.24) is 9.55 Å². The van der Waals surface area contributed by atoms with Crippen LogP contribution in [0.4, 0.5) is 5.69 Å². The van der Waals surface area contributed by atoms with Gasteiger partial charge in [-0.2, -0.15) is 0 Å². The molecule has 2 rings (SSSR count). The molecule has 0 aliphatic rings. The number of imidazole rings is 1. The van der Waals surface area contributed by atoms with Crippen molar-refractivity contribution in [3.05, 3.63) is 24.0 Å². The molecule has 0 saturated carbocycles. The highest BCUT2D eigenvalue weighted by atomic mass is 16.5. The van der Waals surface area contributed by atoms with Gasteiger partial charge in [0.1, 0.15) is 5.82 Å². The number of anilines is 1. The molecule has 0 spiro atoms. The summed E-state index contributed by atoms with van der Waals surface area (Å²) in [5.41, 5.74) is 8.63. The van der Waals surface area contributed by atoms with Crippen LogP contribution < -0.4 is 5.73 Å². The van der Waals surface area contributed by atoms with E-state index in [2.05, 4.69) is 23.4 Å². The Labute approximate surface area is 101 Å². The minimum absolute atomic E-state index is 0.389. The van der Waals surface area contributed by atoms with Crippen molar-refractivity contribution >= 4 is 16.7 Å².